The highest BCUT2D eigenvalue weighted by atomic mass is 16.5. The topological polar surface area (TPSA) is 38.3 Å². The van der Waals surface area contributed by atoms with Crippen LogP contribution in [0.2, 0.25) is 0 Å². The van der Waals surface area contributed by atoms with E-state index in [0.29, 0.717) is 0 Å². The van der Waals surface area contributed by atoms with Crippen molar-refractivity contribution in [2.24, 2.45) is 0 Å². The third kappa shape index (κ3) is 4.40. The van der Waals surface area contributed by atoms with Crippen molar-refractivity contribution >= 4 is 5.91 Å². The van der Waals surface area contributed by atoms with Crippen molar-refractivity contribution in [2.75, 3.05) is 6.61 Å². The molecule has 1 aromatic rings. The summed E-state index contributed by atoms with van der Waals surface area (Å²) in [4.78, 5) is 11.7. The molecular weight excluding hydrogens is 226 g/mol. The first-order valence-corrected chi connectivity index (χ1v) is 6.53. The molecule has 0 saturated heterocycles. The van der Waals surface area contributed by atoms with E-state index in [4.69, 9.17) is 4.74 Å². The Bertz CT molecular complexity index is 401. The molecule has 0 aliphatic heterocycles. The van der Waals surface area contributed by atoms with E-state index in [2.05, 4.69) is 12.2 Å². The Morgan fingerprint density at radius 2 is 2.11 bits per heavy atom. The molecule has 1 aromatic carbocycles. The van der Waals surface area contributed by atoms with E-state index < -0.39 is 0 Å². The Morgan fingerprint density at radius 1 is 1.39 bits per heavy atom. The van der Waals surface area contributed by atoms with Gasteiger partial charge in [0.1, 0.15) is 5.75 Å². The van der Waals surface area contributed by atoms with Gasteiger partial charge in [0, 0.05) is 6.04 Å². The highest BCUT2D eigenvalue weighted by Crippen LogP contribution is 2.20. The van der Waals surface area contributed by atoms with Crippen LogP contribution in [-0.2, 0) is 4.79 Å². The zero-order chi connectivity index (χ0) is 13.5. The summed E-state index contributed by atoms with van der Waals surface area (Å²) in [5, 5.41) is 2.92. The molecule has 0 radical (unpaired) electrons. The second kappa shape index (κ2) is 7.04. The fourth-order valence-electron chi connectivity index (χ4n) is 1.85. The number of hydrogen-bond donors (Lipinski definition) is 1. The van der Waals surface area contributed by atoms with E-state index in [1.54, 1.807) is 0 Å². The Balaban J connectivity index is 2.45. The van der Waals surface area contributed by atoms with Crippen molar-refractivity contribution in [2.45, 2.75) is 46.6 Å². The summed E-state index contributed by atoms with van der Waals surface area (Å²) in [6, 6.07) is 6.08. The fraction of sp³-hybridized carbons (Fsp3) is 0.533. The molecule has 1 unspecified atom stereocenters. The molecule has 1 amide bonds. The molecule has 1 rings (SSSR count). The second-order valence-electron chi connectivity index (χ2n) is 4.74. The smallest absolute Gasteiger partial charge is 0.258 e. The molecule has 0 bridgehead atoms. The lowest BCUT2D eigenvalue weighted by atomic mass is 10.1. The van der Waals surface area contributed by atoms with Crippen molar-refractivity contribution in [1.29, 1.82) is 0 Å². The van der Waals surface area contributed by atoms with Crippen molar-refractivity contribution in [3.63, 3.8) is 0 Å². The highest BCUT2D eigenvalue weighted by molar-refractivity contribution is 5.77. The van der Waals surface area contributed by atoms with E-state index in [1.165, 1.54) is 5.56 Å². The quantitative estimate of drug-likeness (QED) is 0.841. The minimum atomic E-state index is -0.0585. The van der Waals surface area contributed by atoms with Crippen LogP contribution in [0.15, 0.2) is 18.2 Å². The SMILES string of the molecule is CCCC(C)NC(=O)COc1cccc(C)c1C. The summed E-state index contributed by atoms with van der Waals surface area (Å²) in [5.74, 6) is 0.727. The average Bonchev–Trinajstić information content (AvgIpc) is 2.31. The molecule has 0 saturated carbocycles. The van der Waals surface area contributed by atoms with Gasteiger partial charge in [-0.05, 0) is 44.4 Å². The monoisotopic (exact) mass is 249 g/mol. The van der Waals surface area contributed by atoms with Gasteiger partial charge in [-0.1, -0.05) is 25.5 Å². The van der Waals surface area contributed by atoms with Gasteiger partial charge in [0.2, 0.25) is 0 Å². The predicted molar refractivity (Wildman–Crippen MR) is 73.9 cm³/mol. The summed E-state index contributed by atoms with van der Waals surface area (Å²) in [7, 11) is 0. The fourth-order valence-corrected chi connectivity index (χ4v) is 1.85. The average molecular weight is 249 g/mol. The lowest BCUT2D eigenvalue weighted by Gasteiger charge is -2.14. The van der Waals surface area contributed by atoms with Gasteiger partial charge in [-0.15, -0.1) is 0 Å². The molecule has 3 nitrogen and oxygen atoms in total. The number of aryl methyl sites for hydroxylation is 1. The number of nitrogens with one attached hydrogen (secondary N) is 1. The van der Waals surface area contributed by atoms with Crippen LogP contribution in [0.3, 0.4) is 0 Å². The summed E-state index contributed by atoms with van der Waals surface area (Å²) in [6.45, 7) is 8.24. The molecule has 0 fully saturated rings. The van der Waals surface area contributed by atoms with Gasteiger partial charge in [0.15, 0.2) is 6.61 Å². The van der Waals surface area contributed by atoms with Crippen LogP contribution in [0.25, 0.3) is 0 Å². The molecule has 1 N–H and O–H groups in total. The van der Waals surface area contributed by atoms with E-state index in [9.17, 15) is 4.79 Å². The molecule has 0 aromatic heterocycles. The third-order valence-corrected chi connectivity index (χ3v) is 3.04. The normalized spacial score (nSPS) is 12.0. The molecule has 1 atom stereocenters. The zero-order valence-corrected chi connectivity index (χ0v) is 11.7. The minimum absolute atomic E-state index is 0.0585. The number of carbonyl (C=O) groups is 1. The molecule has 0 aliphatic carbocycles. The van der Waals surface area contributed by atoms with Crippen LogP contribution in [0.5, 0.6) is 5.75 Å². The summed E-state index contributed by atoms with van der Waals surface area (Å²) < 4.78 is 5.55. The molecule has 0 aliphatic rings. The van der Waals surface area contributed by atoms with Gasteiger partial charge in [0.05, 0.1) is 0 Å². The molecule has 100 valence electrons. The largest absolute Gasteiger partial charge is 0.483 e. The van der Waals surface area contributed by atoms with Crippen molar-refractivity contribution in [1.82, 2.24) is 5.32 Å². The first-order valence-electron chi connectivity index (χ1n) is 6.53. The summed E-state index contributed by atoms with van der Waals surface area (Å²) in [6.07, 6.45) is 2.06. The van der Waals surface area contributed by atoms with Gasteiger partial charge < -0.3 is 10.1 Å². The number of benzene rings is 1. The molecule has 0 spiro atoms. The van der Waals surface area contributed by atoms with Gasteiger partial charge in [-0.25, -0.2) is 0 Å². The first-order chi connectivity index (χ1) is 8.54. The van der Waals surface area contributed by atoms with Crippen LogP contribution >= 0.6 is 0 Å². The summed E-state index contributed by atoms with van der Waals surface area (Å²) in [5.41, 5.74) is 2.26. The maximum Gasteiger partial charge on any atom is 0.258 e. The minimum Gasteiger partial charge on any atom is -0.483 e. The Hall–Kier alpha value is -1.51. The lowest BCUT2D eigenvalue weighted by Crippen LogP contribution is -2.36. The number of hydrogen-bond acceptors (Lipinski definition) is 2. The Kier molecular flexibility index (Phi) is 5.69. The Morgan fingerprint density at radius 3 is 2.78 bits per heavy atom. The van der Waals surface area contributed by atoms with E-state index in [0.717, 1.165) is 24.2 Å². The highest BCUT2D eigenvalue weighted by Gasteiger charge is 2.08. The maximum absolute atomic E-state index is 11.7. The van der Waals surface area contributed by atoms with Crippen molar-refractivity contribution in [3.05, 3.63) is 29.3 Å². The van der Waals surface area contributed by atoms with Crippen molar-refractivity contribution < 1.29 is 9.53 Å². The molecule has 0 heterocycles. The second-order valence-corrected chi connectivity index (χ2v) is 4.74. The van der Waals surface area contributed by atoms with Crippen LogP contribution in [-0.4, -0.2) is 18.6 Å². The van der Waals surface area contributed by atoms with Gasteiger partial charge in [-0.3, -0.25) is 4.79 Å². The predicted octanol–water partition coefficient (Wildman–Crippen LogP) is 2.99. The number of ether oxygens (including phenoxy) is 1. The molecule has 18 heavy (non-hydrogen) atoms. The number of rotatable bonds is 6. The number of carbonyl (C=O) groups excluding carboxylic acids is 1. The Labute approximate surface area is 110 Å². The van der Waals surface area contributed by atoms with Crippen LogP contribution in [0.4, 0.5) is 0 Å². The molecule has 3 heteroatoms. The van der Waals surface area contributed by atoms with Gasteiger partial charge in [-0.2, -0.15) is 0 Å². The van der Waals surface area contributed by atoms with Crippen LogP contribution in [0.1, 0.15) is 37.8 Å². The molecular formula is C15H23NO2. The van der Waals surface area contributed by atoms with Gasteiger partial charge >= 0.3 is 0 Å². The first kappa shape index (κ1) is 14.6. The van der Waals surface area contributed by atoms with E-state index >= 15 is 0 Å². The summed E-state index contributed by atoms with van der Waals surface area (Å²) >= 11 is 0. The lowest BCUT2D eigenvalue weighted by molar-refractivity contribution is -0.123. The maximum atomic E-state index is 11.7. The van der Waals surface area contributed by atoms with Crippen LogP contribution in [0, 0.1) is 13.8 Å². The van der Waals surface area contributed by atoms with Gasteiger partial charge in [0.25, 0.3) is 5.91 Å². The van der Waals surface area contributed by atoms with Crippen LogP contribution < -0.4 is 10.1 Å². The van der Waals surface area contributed by atoms with Crippen molar-refractivity contribution in [3.8, 4) is 5.75 Å². The standard InChI is InChI=1S/C15H23NO2/c1-5-7-12(3)16-15(17)10-18-14-9-6-8-11(2)13(14)4/h6,8-9,12H,5,7,10H2,1-4H3,(H,16,17). The third-order valence-electron chi connectivity index (χ3n) is 3.04. The van der Waals surface area contributed by atoms with E-state index in [1.807, 2.05) is 39.0 Å². The van der Waals surface area contributed by atoms with E-state index in [-0.39, 0.29) is 18.6 Å². The number of amides is 1. The zero-order valence-electron chi connectivity index (χ0n) is 11.7.